The van der Waals surface area contributed by atoms with Crippen molar-refractivity contribution in [1.29, 1.82) is 0 Å². The number of benzene rings is 2. The van der Waals surface area contributed by atoms with Crippen molar-refractivity contribution in [2.24, 2.45) is 0 Å². The van der Waals surface area contributed by atoms with Crippen molar-refractivity contribution >= 4 is 23.2 Å². The molecule has 128 valence electrons. The number of para-hydroxylation sites is 1. The van der Waals surface area contributed by atoms with Gasteiger partial charge in [-0.3, -0.25) is 4.79 Å². The van der Waals surface area contributed by atoms with E-state index in [9.17, 15) is 4.79 Å². The van der Waals surface area contributed by atoms with E-state index in [1.165, 1.54) is 0 Å². The minimum atomic E-state index is -0.536. The van der Waals surface area contributed by atoms with Crippen LogP contribution < -0.4 is 10.1 Å². The molecule has 0 bridgehead atoms. The predicted octanol–water partition coefficient (Wildman–Crippen LogP) is 5.65. The topological polar surface area (TPSA) is 38.3 Å². The van der Waals surface area contributed by atoms with Crippen molar-refractivity contribution < 1.29 is 9.53 Å². The number of rotatable bonds is 7. The van der Waals surface area contributed by atoms with Crippen molar-refractivity contribution in [2.45, 2.75) is 45.6 Å². The standard InChI is InChI=1S/C20H24ClNO2/c1-4-14(3)17-8-6-7-9-19(17)24-18(5-2)20(23)22-16-12-10-15(21)11-13-16/h6-14,18H,4-5H2,1-3H3,(H,22,23). The van der Waals surface area contributed by atoms with Gasteiger partial charge in [0, 0.05) is 10.7 Å². The third-order valence-electron chi connectivity index (χ3n) is 4.11. The van der Waals surface area contributed by atoms with Gasteiger partial charge in [0.1, 0.15) is 5.75 Å². The molecule has 4 heteroatoms. The lowest BCUT2D eigenvalue weighted by atomic mass is 9.98. The molecule has 0 spiro atoms. The maximum absolute atomic E-state index is 12.5. The summed E-state index contributed by atoms with van der Waals surface area (Å²) < 4.78 is 6.04. The SMILES string of the molecule is CCC(Oc1ccccc1C(C)CC)C(=O)Nc1ccc(Cl)cc1. The van der Waals surface area contributed by atoms with E-state index in [1.54, 1.807) is 24.3 Å². The molecule has 3 nitrogen and oxygen atoms in total. The van der Waals surface area contributed by atoms with Crippen LogP contribution in [0.25, 0.3) is 0 Å². The lowest BCUT2D eigenvalue weighted by molar-refractivity contribution is -0.122. The highest BCUT2D eigenvalue weighted by Crippen LogP contribution is 2.29. The van der Waals surface area contributed by atoms with E-state index in [0.717, 1.165) is 17.7 Å². The fraction of sp³-hybridized carbons (Fsp3) is 0.350. The number of hydrogen-bond donors (Lipinski definition) is 1. The monoisotopic (exact) mass is 345 g/mol. The molecule has 0 aliphatic carbocycles. The minimum Gasteiger partial charge on any atom is -0.480 e. The normalized spacial score (nSPS) is 13.2. The molecule has 2 rings (SSSR count). The Morgan fingerprint density at radius 1 is 1.08 bits per heavy atom. The van der Waals surface area contributed by atoms with Crippen LogP contribution in [0.4, 0.5) is 5.69 Å². The number of anilines is 1. The second kappa shape index (κ2) is 8.74. The summed E-state index contributed by atoms with van der Waals surface area (Å²) in [6, 6.07) is 15.0. The van der Waals surface area contributed by atoms with Gasteiger partial charge in [0.2, 0.25) is 0 Å². The summed E-state index contributed by atoms with van der Waals surface area (Å²) in [5, 5.41) is 3.52. The van der Waals surface area contributed by atoms with E-state index >= 15 is 0 Å². The van der Waals surface area contributed by atoms with Crippen molar-refractivity contribution in [3.8, 4) is 5.75 Å². The summed E-state index contributed by atoms with van der Waals surface area (Å²) in [7, 11) is 0. The fourth-order valence-corrected chi connectivity index (χ4v) is 2.57. The average molecular weight is 346 g/mol. The molecule has 24 heavy (non-hydrogen) atoms. The highest BCUT2D eigenvalue weighted by Gasteiger charge is 2.20. The van der Waals surface area contributed by atoms with E-state index in [-0.39, 0.29) is 5.91 Å². The maximum atomic E-state index is 12.5. The molecule has 0 aliphatic heterocycles. The van der Waals surface area contributed by atoms with Gasteiger partial charge < -0.3 is 10.1 Å². The lowest BCUT2D eigenvalue weighted by Crippen LogP contribution is -2.32. The Labute approximate surface area is 149 Å². The van der Waals surface area contributed by atoms with Gasteiger partial charge in [-0.25, -0.2) is 0 Å². The molecule has 0 aliphatic rings. The highest BCUT2D eigenvalue weighted by molar-refractivity contribution is 6.30. The molecule has 0 aromatic heterocycles. The van der Waals surface area contributed by atoms with Crippen LogP contribution in [0.15, 0.2) is 48.5 Å². The zero-order chi connectivity index (χ0) is 17.5. The van der Waals surface area contributed by atoms with E-state index in [0.29, 0.717) is 23.0 Å². The van der Waals surface area contributed by atoms with Crippen LogP contribution in [0, 0.1) is 0 Å². The molecule has 2 aromatic carbocycles. The third kappa shape index (κ3) is 4.75. The van der Waals surface area contributed by atoms with Crippen LogP contribution in [-0.4, -0.2) is 12.0 Å². The summed E-state index contributed by atoms with van der Waals surface area (Å²) in [5.74, 6) is 1.02. The Morgan fingerprint density at radius 2 is 1.75 bits per heavy atom. The van der Waals surface area contributed by atoms with Gasteiger partial charge in [0.05, 0.1) is 0 Å². The average Bonchev–Trinajstić information content (AvgIpc) is 2.61. The van der Waals surface area contributed by atoms with Gasteiger partial charge >= 0.3 is 0 Å². The van der Waals surface area contributed by atoms with Gasteiger partial charge in [-0.1, -0.05) is 50.6 Å². The van der Waals surface area contributed by atoms with E-state index in [1.807, 2.05) is 25.1 Å². The number of carbonyl (C=O) groups excluding carboxylic acids is 1. The first-order valence-electron chi connectivity index (χ1n) is 8.37. The Kier molecular flexibility index (Phi) is 6.68. The van der Waals surface area contributed by atoms with Crippen LogP contribution in [0.3, 0.4) is 0 Å². The summed E-state index contributed by atoms with van der Waals surface area (Å²) in [6.45, 7) is 6.25. The van der Waals surface area contributed by atoms with Gasteiger partial charge in [-0.2, -0.15) is 0 Å². The molecule has 0 saturated heterocycles. The van der Waals surface area contributed by atoms with Crippen LogP contribution >= 0.6 is 11.6 Å². The first kappa shape index (κ1) is 18.3. The van der Waals surface area contributed by atoms with Crippen molar-refractivity contribution in [3.63, 3.8) is 0 Å². The lowest BCUT2D eigenvalue weighted by Gasteiger charge is -2.21. The fourth-order valence-electron chi connectivity index (χ4n) is 2.45. The highest BCUT2D eigenvalue weighted by atomic mass is 35.5. The van der Waals surface area contributed by atoms with Crippen molar-refractivity contribution in [1.82, 2.24) is 0 Å². The molecule has 2 aromatic rings. The number of ether oxygens (including phenoxy) is 1. The number of nitrogens with one attached hydrogen (secondary N) is 1. The predicted molar refractivity (Wildman–Crippen MR) is 99.9 cm³/mol. The van der Waals surface area contributed by atoms with Crippen molar-refractivity contribution in [3.05, 3.63) is 59.1 Å². The first-order chi connectivity index (χ1) is 11.5. The van der Waals surface area contributed by atoms with Gasteiger partial charge in [-0.05, 0) is 54.7 Å². The number of halogens is 1. The Hall–Kier alpha value is -2.00. The number of hydrogen-bond acceptors (Lipinski definition) is 2. The molecule has 0 heterocycles. The smallest absolute Gasteiger partial charge is 0.265 e. The Morgan fingerprint density at radius 3 is 2.38 bits per heavy atom. The molecular formula is C20H24ClNO2. The zero-order valence-electron chi connectivity index (χ0n) is 14.4. The van der Waals surface area contributed by atoms with Crippen LogP contribution in [0.1, 0.15) is 45.1 Å². The third-order valence-corrected chi connectivity index (χ3v) is 4.36. The minimum absolute atomic E-state index is 0.154. The maximum Gasteiger partial charge on any atom is 0.265 e. The molecule has 1 amide bonds. The molecule has 2 atom stereocenters. The Balaban J connectivity index is 2.11. The molecule has 0 saturated carbocycles. The van der Waals surface area contributed by atoms with Crippen molar-refractivity contribution in [2.75, 3.05) is 5.32 Å². The summed E-state index contributed by atoms with van der Waals surface area (Å²) in [4.78, 5) is 12.5. The summed E-state index contributed by atoms with van der Waals surface area (Å²) in [6.07, 6.45) is 1.08. The molecule has 0 fully saturated rings. The molecule has 0 radical (unpaired) electrons. The summed E-state index contributed by atoms with van der Waals surface area (Å²) in [5.41, 5.74) is 1.85. The molecular weight excluding hydrogens is 322 g/mol. The number of carbonyl (C=O) groups is 1. The van der Waals surface area contributed by atoms with E-state index in [2.05, 4.69) is 25.2 Å². The Bertz CT molecular complexity index is 670. The summed E-state index contributed by atoms with van der Waals surface area (Å²) >= 11 is 5.87. The van der Waals surface area contributed by atoms with E-state index < -0.39 is 6.10 Å². The largest absolute Gasteiger partial charge is 0.480 e. The second-order valence-corrected chi connectivity index (χ2v) is 6.29. The quantitative estimate of drug-likeness (QED) is 0.704. The number of amides is 1. The van der Waals surface area contributed by atoms with Gasteiger partial charge in [-0.15, -0.1) is 0 Å². The molecule has 1 N–H and O–H groups in total. The molecule has 2 unspecified atom stereocenters. The van der Waals surface area contributed by atoms with Crippen LogP contribution in [0.5, 0.6) is 5.75 Å². The van der Waals surface area contributed by atoms with E-state index in [4.69, 9.17) is 16.3 Å². The second-order valence-electron chi connectivity index (χ2n) is 5.86. The zero-order valence-corrected chi connectivity index (χ0v) is 15.1. The van der Waals surface area contributed by atoms with Crippen LogP contribution in [-0.2, 0) is 4.79 Å². The van der Waals surface area contributed by atoms with Gasteiger partial charge in [0.25, 0.3) is 5.91 Å². The van der Waals surface area contributed by atoms with Crippen LogP contribution in [0.2, 0.25) is 5.02 Å². The van der Waals surface area contributed by atoms with Gasteiger partial charge in [0.15, 0.2) is 6.10 Å². The first-order valence-corrected chi connectivity index (χ1v) is 8.75.